The lowest BCUT2D eigenvalue weighted by atomic mass is 9.91. The smallest absolute Gasteiger partial charge is 0.361 e. The number of benzene rings is 1. The largest absolute Gasteiger partial charge is 0.461 e. The number of nitrogens with zero attached hydrogens (tertiary/aromatic N) is 2. The lowest BCUT2D eigenvalue weighted by Crippen LogP contribution is -2.08. The molecular formula is C15H19N3O2. The molecule has 5 nitrogen and oxygen atoms in total. The third-order valence-corrected chi connectivity index (χ3v) is 3.62. The monoisotopic (exact) mass is 273 g/mol. The average Bonchev–Trinajstić information content (AvgIpc) is 2.86. The molecule has 0 fully saturated rings. The molecule has 0 saturated carbocycles. The summed E-state index contributed by atoms with van der Waals surface area (Å²) in [6.45, 7) is 10.2. The highest BCUT2D eigenvalue weighted by molar-refractivity contribution is 5.95. The number of aryl methyl sites for hydroxylation is 2. The Balaban J connectivity index is 2.64. The summed E-state index contributed by atoms with van der Waals surface area (Å²) in [5, 5.41) is 10.6. The lowest BCUT2D eigenvalue weighted by Gasteiger charge is -2.14. The van der Waals surface area contributed by atoms with Crippen LogP contribution in [0, 0.1) is 27.7 Å². The van der Waals surface area contributed by atoms with E-state index in [1.54, 1.807) is 6.92 Å². The van der Waals surface area contributed by atoms with E-state index in [1.807, 2.05) is 13.8 Å². The van der Waals surface area contributed by atoms with Crippen molar-refractivity contribution in [1.82, 2.24) is 15.4 Å². The van der Waals surface area contributed by atoms with Crippen LogP contribution in [-0.2, 0) is 4.74 Å². The summed E-state index contributed by atoms with van der Waals surface area (Å²) in [6.07, 6.45) is 0. The number of carbonyl (C=O) groups is 1. The maximum atomic E-state index is 11.9. The third-order valence-electron chi connectivity index (χ3n) is 3.62. The van der Waals surface area contributed by atoms with Crippen molar-refractivity contribution in [3.05, 3.63) is 34.0 Å². The molecule has 0 radical (unpaired) electrons. The zero-order valence-corrected chi connectivity index (χ0v) is 12.5. The SMILES string of the molecule is CCOC(=O)c1n[nH]nc1-c1c(C)c(C)cc(C)c1C. The normalized spacial score (nSPS) is 10.7. The van der Waals surface area contributed by atoms with Crippen molar-refractivity contribution in [2.45, 2.75) is 34.6 Å². The maximum absolute atomic E-state index is 11.9. The quantitative estimate of drug-likeness (QED) is 0.873. The standard InChI is InChI=1S/C15H19N3O2/c1-6-20-15(19)14-13(16-18-17-14)12-10(4)8(2)7-9(3)11(12)5/h7H,6H2,1-5H3,(H,16,17,18). The summed E-state index contributed by atoms with van der Waals surface area (Å²) in [4.78, 5) is 11.9. The Kier molecular flexibility index (Phi) is 3.88. The van der Waals surface area contributed by atoms with E-state index in [0.29, 0.717) is 12.3 Å². The molecule has 2 aromatic rings. The Morgan fingerprint density at radius 3 is 2.30 bits per heavy atom. The highest BCUT2D eigenvalue weighted by atomic mass is 16.5. The van der Waals surface area contributed by atoms with Crippen molar-refractivity contribution < 1.29 is 9.53 Å². The van der Waals surface area contributed by atoms with E-state index in [1.165, 1.54) is 11.1 Å². The number of aromatic nitrogens is 3. The van der Waals surface area contributed by atoms with Crippen molar-refractivity contribution in [3.8, 4) is 11.3 Å². The summed E-state index contributed by atoms with van der Waals surface area (Å²) in [5.74, 6) is -0.450. The summed E-state index contributed by atoms with van der Waals surface area (Å²) < 4.78 is 5.03. The highest BCUT2D eigenvalue weighted by Crippen LogP contribution is 2.31. The summed E-state index contributed by atoms with van der Waals surface area (Å²) >= 11 is 0. The molecule has 2 rings (SSSR count). The Labute approximate surface area is 118 Å². The summed E-state index contributed by atoms with van der Waals surface area (Å²) in [5.41, 5.74) is 6.30. The minimum Gasteiger partial charge on any atom is -0.461 e. The molecule has 0 unspecified atom stereocenters. The summed E-state index contributed by atoms with van der Waals surface area (Å²) in [7, 11) is 0. The Hall–Kier alpha value is -2.17. The molecule has 1 aromatic heterocycles. The Morgan fingerprint density at radius 2 is 1.75 bits per heavy atom. The van der Waals surface area contributed by atoms with E-state index in [-0.39, 0.29) is 5.69 Å². The van der Waals surface area contributed by atoms with Gasteiger partial charge < -0.3 is 4.74 Å². The van der Waals surface area contributed by atoms with E-state index in [9.17, 15) is 4.79 Å². The number of H-pyrrole nitrogens is 1. The van der Waals surface area contributed by atoms with Crippen molar-refractivity contribution in [2.24, 2.45) is 0 Å². The van der Waals surface area contributed by atoms with Crippen LogP contribution in [0.1, 0.15) is 39.7 Å². The predicted molar refractivity (Wildman–Crippen MR) is 76.7 cm³/mol. The van der Waals surface area contributed by atoms with Crippen LogP contribution in [0.25, 0.3) is 11.3 Å². The van der Waals surface area contributed by atoms with Crippen LogP contribution >= 0.6 is 0 Å². The minimum atomic E-state index is -0.450. The number of nitrogens with one attached hydrogen (secondary N) is 1. The molecule has 1 heterocycles. The topological polar surface area (TPSA) is 67.9 Å². The lowest BCUT2D eigenvalue weighted by molar-refractivity contribution is 0.0520. The van der Waals surface area contributed by atoms with Crippen molar-refractivity contribution >= 4 is 5.97 Å². The first kappa shape index (κ1) is 14.2. The first-order valence-electron chi connectivity index (χ1n) is 6.63. The molecule has 0 amide bonds. The van der Waals surface area contributed by atoms with Gasteiger partial charge in [-0.1, -0.05) is 6.07 Å². The maximum Gasteiger partial charge on any atom is 0.361 e. The molecule has 0 bridgehead atoms. The fraction of sp³-hybridized carbons (Fsp3) is 0.400. The number of ether oxygens (including phenoxy) is 1. The van der Waals surface area contributed by atoms with Gasteiger partial charge in [-0.2, -0.15) is 10.3 Å². The Morgan fingerprint density at radius 1 is 1.15 bits per heavy atom. The van der Waals surface area contributed by atoms with Gasteiger partial charge in [0.25, 0.3) is 0 Å². The van der Waals surface area contributed by atoms with Gasteiger partial charge >= 0.3 is 5.97 Å². The second-order valence-electron chi connectivity index (χ2n) is 4.88. The number of hydrogen-bond acceptors (Lipinski definition) is 4. The van der Waals surface area contributed by atoms with Crippen LogP contribution in [-0.4, -0.2) is 28.0 Å². The summed E-state index contributed by atoms with van der Waals surface area (Å²) in [6, 6.07) is 2.14. The molecule has 0 aliphatic heterocycles. The van der Waals surface area contributed by atoms with Crippen LogP contribution in [0.4, 0.5) is 0 Å². The molecule has 1 N–H and O–H groups in total. The van der Waals surface area contributed by atoms with Gasteiger partial charge in [-0.3, -0.25) is 0 Å². The van der Waals surface area contributed by atoms with Crippen LogP contribution in [0.5, 0.6) is 0 Å². The molecule has 0 aliphatic carbocycles. The fourth-order valence-electron chi connectivity index (χ4n) is 2.32. The van der Waals surface area contributed by atoms with Crippen LogP contribution in [0.3, 0.4) is 0 Å². The fourth-order valence-corrected chi connectivity index (χ4v) is 2.32. The van der Waals surface area contributed by atoms with Crippen molar-refractivity contribution in [2.75, 3.05) is 6.61 Å². The van der Waals surface area contributed by atoms with E-state index in [4.69, 9.17) is 4.74 Å². The van der Waals surface area contributed by atoms with Gasteiger partial charge in [0.05, 0.1) is 6.61 Å². The molecule has 0 atom stereocenters. The van der Waals surface area contributed by atoms with Gasteiger partial charge in [0.1, 0.15) is 5.69 Å². The van der Waals surface area contributed by atoms with Gasteiger partial charge in [0.2, 0.25) is 0 Å². The third kappa shape index (κ3) is 2.31. The molecule has 5 heteroatoms. The minimum absolute atomic E-state index is 0.239. The zero-order chi connectivity index (χ0) is 14.9. The number of hydrogen-bond donors (Lipinski definition) is 1. The number of esters is 1. The second-order valence-corrected chi connectivity index (χ2v) is 4.88. The first-order valence-corrected chi connectivity index (χ1v) is 6.63. The van der Waals surface area contributed by atoms with Gasteiger partial charge in [-0.05, 0) is 56.9 Å². The highest BCUT2D eigenvalue weighted by Gasteiger charge is 2.22. The van der Waals surface area contributed by atoms with Gasteiger partial charge in [-0.15, -0.1) is 5.10 Å². The molecule has 106 valence electrons. The van der Waals surface area contributed by atoms with Crippen molar-refractivity contribution in [3.63, 3.8) is 0 Å². The van der Waals surface area contributed by atoms with Crippen LogP contribution in [0.15, 0.2) is 6.07 Å². The van der Waals surface area contributed by atoms with E-state index in [0.717, 1.165) is 16.7 Å². The number of carbonyl (C=O) groups excluding carboxylic acids is 1. The number of rotatable bonds is 3. The molecule has 0 saturated heterocycles. The predicted octanol–water partition coefficient (Wildman–Crippen LogP) is 2.88. The van der Waals surface area contributed by atoms with E-state index < -0.39 is 5.97 Å². The molecule has 1 aromatic carbocycles. The van der Waals surface area contributed by atoms with Gasteiger partial charge in [0.15, 0.2) is 5.69 Å². The zero-order valence-electron chi connectivity index (χ0n) is 12.5. The molecular weight excluding hydrogens is 254 g/mol. The van der Waals surface area contributed by atoms with Crippen LogP contribution < -0.4 is 0 Å². The van der Waals surface area contributed by atoms with Crippen molar-refractivity contribution in [1.29, 1.82) is 0 Å². The Bertz CT molecular complexity index is 633. The number of aromatic amines is 1. The molecule has 20 heavy (non-hydrogen) atoms. The van der Waals surface area contributed by atoms with E-state index in [2.05, 4.69) is 35.3 Å². The first-order chi connectivity index (χ1) is 9.47. The molecule has 0 aliphatic rings. The van der Waals surface area contributed by atoms with Crippen LogP contribution in [0.2, 0.25) is 0 Å². The molecule has 0 spiro atoms. The van der Waals surface area contributed by atoms with Gasteiger partial charge in [-0.25, -0.2) is 4.79 Å². The average molecular weight is 273 g/mol. The van der Waals surface area contributed by atoms with E-state index >= 15 is 0 Å². The van der Waals surface area contributed by atoms with Gasteiger partial charge in [0, 0.05) is 5.56 Å². The second kappa shape index (κ2) is 5.45.